The van der Waals surface area contributed by atoms with Crippen molar-refractivity contribution in [3.8, 4) is 6.07 Å². The van der Waals surface area contributed by atoms with Gasteiger partial charge >= 0.3 is 0 Å². The van der Waals surface area contributed by atoms with Gasteiger partial charge in [-0.15, -0.1) is 0 Å². The Morgan fingerprint density at radius 1 is 1.22 bits per heavy atom. The SMILES string of the molecule is Cc1cc(N2CCC(Nc3ccc(C#N)nc3)CC2)nc(C)n1. The Kier molecular flexibility index (Phi) is 4.38. The largest absolute Gasteiger partial charge is 0.381 e. The molecule has 1 N–H and O–H groups in total. The lowest BCUT2D eigenvalue weighted by molar-refractivity contribution is 0.522. The third-order valence-corrected chi connectivity index (χ3v) is 4.02. The van der Waals surface area contributed by atoms with Crippen LogP contribution in [-0.4, -0.2) is 34.1 Å². The average Bonchev–Trinajstić information content (AvgIpc) is 2.55. The van der Waals surface area contributed by atoms with Crippen molar-refractivity contribution in [2.75, 3.05) is 23.3 Å². The number of nitrogens with one attached hydrogen (secondary N) is 1. The maximum absolute atomic E-state index is 8.78. The molecule has 3 heterocycles. The van der Waals surface area contributed by atoms with Gasteiger partial charge in [0.15, 0.2) is 0 Å². The van der Waals surface area contributed by atoms with Crippen molar-refractivity contribution in [1.29, 1.82) is 5.26 Å². The second-order valence-corrected chi connectivity index (χ2v) is 5.86. The molecule has 0 saturated carbocycles. The number of anilines is 2. The van der Waals surface area contributed by atoms with Crippen LogP contribution in [0.1, 0.15) is 30.1 Å². The Labute approximate surface area is 136 Å². The van der Waals surface area contributed by atoms with Crippen LogP contribution < -0.4 is 10.2 Å². The minimum absolute atomic E-state index is 0.421. The lowest BCUT2D eigenvalue weighted by Gasteiger charge is -2.33. The van der Waals surface area contributed by atoms with Gasteiger partial charge < -0.3 is 10.2 Å². The van der Waals surface area contributed by atoms with Crippen molar-refractivity contribution in [3.05, 3.63) is 41.6 Å². The minimum atomic E-state index is 0.421. The molecule has 0 aromatic carbocycles. The fourth-order valence-corrected chi connectivity index (χ4v) is 2.89. The monoisotopic (exact) mass is 308 g/mol. The van der Waals surface area contributed by atoms with Gasteiger partial charge in [-0.1, -0.05) is 0 Å². The smallest absolute Gasteiger partial charge is 0.140 e. The van der Waals surface area contributed by atoms with Crippen LogP contribution in [0.5, 0.6) is 0 Å². The van der Waals surface area contributed by atoms with Crippen molar-refractivity contribution in [2.45, 2.75) is 32.7 Å². The molecule has 1 aliphatic rings. The third kappa shape index (κ3) is 3.75. The van der Waals surface area contributed by atoms with Crippen molar-refractivity contribution >= 4 is 11.5 Å². The maximum atomic E-state index is 8.78. The molecule has 0 spiro atoms. The van der Waals surface area contributed by atoms with Crippen molar-refractivity contribution < 1.29 is 0 Å². The first-order valence-electron chi connectivity index (χ1n) is 7.84. The summed E-state index contributed by atoms with van der Waals surface area (Å²) in [6.45, 7) is 5.88. The van der Waals surface area contributed by atoms with E-state index in [0.29, 0.717) is 11.7 Å². The molecule has 118 valence electrons. The van der Waals surface area contributed by atoms with E-state index >= 15 is 0 Å². The van der Waals surface area contributed by atoms with Crippen LogP contribution in [0.15, 0.2) is 24.4 Å². The van der Waals surface area contributed by atoms with Crippen LogP contribution in [0.4, 0.5) is 11.5 Å². The molecule has 2 aromatic rings. The van der Waals surface area contributed by atoms with E-state index in [1.807, 2.05) is 32.0 Å². The van der Waals surface area contributed by atoms with E-state index in [-0.39, 0.29) is 0 Å². The highest BCUT2D eigenvalue weighted by atomic mass is 15.2. The zero-order chi connectivity index (χ0) is 16.2. The quantitative estimate of drug-likeness (QED) is 0.938. The summed E-state index contributed by atoms with van der Waals surface area (Å²) in [5.41, 5.74) is 2.42. The molecular formula is C17H20N6. The number of hydrogen-bond acceptors (Lipinski definition) is 6. The van der Waals surface area contributed by atoms with Gasteiger partial charge in [-0.2, -0.15) is 5.26 Å². The summed E-state index contributed by atoms with van der Waals surface area (Å²) in [4.78, 5) is 15.3. The molecule has 2 aromatic heterocycles. The predicted molar refractivity (Wildman–Crippen MR) is 89.3 cm³/mol. The molecule has 1 saturated heterocycles. The van der Waals surface area contributed by atoms with Crippen LogP contribution >= 0.6 is 0 Å². The highest BCUT2D eigenvalue weighted by Gasteiger charge is 2.20. The summed E-state index contributed by atoms with van der Waals surface area (Å²) >= 11 is 0. The second kappa shape index (κ2) is 6.61. The van der Waals surface area contributed by atoms with Gasteiger partial charge in [0, 0.05) is 30.9 Å². The highest BCUT2D eigenvalue weighted by Crippen LogP contribution is 2.21. The molecule has 0 radical (unpaired) electrons. The lowest BCUT2D eigenvalue weighted by Crippen LogP contribution is -2.39. The second-order valence-electron chi connectivity index (χ2n) is 5.86. The molecule has 0 unspecified atom stereocenters. The molecule has 0 atom stereocenters. The average molecular weight is 308 g/mol. The fourth-order valence-electron chi connectivity index (χ4n) is 2.89. The van der Waals surface area contributed by atoms with Gasteiger partial charge in [0.1, 0.15) is 23.4 Å². The maximum Gasteiger partial charge on any atom is 0.140 e. The van der Waals surface area contributed by atoms with E-state index in [9.17, 15) is 0 Å². The van der Waals surface area contributed by atoms with Crippen LogP contribution in [0.2, 0.25) is 0 Å². The van der Waals surface area contributed by atoms with E-state index in [2.05, 4.69) is 25.2 Å². The highest BCUT2D eigenvalue weighted by molar-refractivity contribution is 5.45. The van der Waals surface area contributed by atoms with Gasteiger partial charge in [0.05, 0.1) is 11.9 Å². The normalized spacial score (nSPS) is 15.3. The fraction of sp³-hybridized carbons (Fsp3) is 0.412. The Morgan fingerprint density at radius 2 is 2.00 bits per heavy atom. The first-order chi connectivity index (χ1) is 11.1. The third-order valence-electron chi connectivity index (χ3n) is 4.02. The molecule has 3 rings (SSSR count). The summed E-state index contributed by atoms with van der Waals surface area (Å²) in [5, 5.41) is 12.3. The molecule has 6 heteroatoms. The first kappa shape index (κ1) is 15.2. The predicted octanol–water partition coefficient (Wildman–Crippen LogP) is 2.44. The Morgan fingerprint density at radius 3 is 2.61 bits per heavy atom. The van der Waals surface area contributed by atoms with Gasteiger partial charge in [0.2, 0.25) is 0 Å². The first-order valence-corrected chi connectivity index (χ1v) is 7.84. The van der Waals surface area contributed by atoms with Crippen LogP contribution in [0.25, 0.3) is 0 Å². The van der Waals surface area contributed by atoms with Crippen molar-refractivity contribution in [2.24, 2.45) is 0 Å². The Balaban J connectivity index is 1.58. The minimum Gasteiger partial charge on any atom is -0.381 e. The Bertz CT molecular complexity index is 691. The summed E-state index contributed by atoms with van der Waals surface area (Å²) in [6, 6.07) is 8.15. The molecule has 6 nitrogen and oxygen atoms in total. The van der Waals surface area contributed by atoms with E-state index < -0.39 is 0 Å². The zero-order valence-electron chi connectivity index (χ0n) is 13.5. The van der Waals surface area contributed by atoms with E-state index in [4.69, 9.17) is 5.26 Å². The van der Waals surface area contributed by atoms with Crippen LogP contribution in [-0.2, 0) is 0 Å². The molecule has 0 amide bonds. The van der Waals surface area contributed by atoms with Gasteiger partial charge in [-0.25, -0.2) is 15.0 Å². The van der Waals surface area contributed by atoms with Crippen molar-refractivity contribution in [1.82, 2.24) is 15.0 Å². The number of pyridine rings is 1. The topological polar surface area (TPSA) is 77.7 Å². The molecule has 23 heavy (non-hydrogen) atoms. The molecule has 0 bridgehead atoms. The summed E-state index contributed by atoms with van der Waals surface area (Å²) in [7, 11) is 0. The van der Waals surface area contributed by atoms with Gasteiger partial charge in [0.25, 0.3) is 0 Å². The number of nitriles is 1. The van der Waals surface area contributed by atoms with E-state index in [1.165, 1.54) is 0 Å². The van der Waals surface area contributed by atoms with E-state index in [1.54, 1.807) is 12.3 Å². The Hall–Kier alpha value is -2.68. The molecule has 1 fully saturated rings. The number of hydrogen-bond donors (Lipinski definition) is 1. The summed E-state index contributed by atoms with van der Waals surface area (Å²) in [5.74, 6) is 1.84. The zero-order valence-corrected chi connectivity index (χ0v) is 13.5. The number of nitrogens with zero attached hydrogens (tertiary/aromatic N) is 5. The van der Waals surface area contributed by atoms with Gasteiger partial charge in [-0.05, 0) is 38.8 Å². The standard InChI is InChI=1S/C17H20N6/c1-12-9-17(21-13(2)20-12)23-7-5-14(6-8-23)22-16-4-3-15(10-18)19-11-16/h3-4,9,11,14,22H,5-8H2,1-2H3. The van der Waals surface area contributed by atoms with Crippen LogP contribution in [0.3, 0.4) is 0 Å². The van der Waals surface area contributed by atoms with Gasteiger partial charge in [-0.3, -0.25) is 0 Å². The molecule has 1 aliphatic heterocycles. The molecule has 0 aliphatic carbocycles. The lowest BCUT2D eigenvalue weighted by atomic mass is 10.0. The molecular weight excluding hydrogens is 288 g/mol. The van der Waals surface area contributed by atoms with Crippen molar-refractivity contribution in [3.63, 3.8) is 0 Å². The summed E-state index contributed by atoms with van der Waals surface area (Å²) < 4.78 is 0. The number of piperidine rings is 1. The number of rotatable bonds is 3. The van der Waals surface area contributed by atoms with E-state index in [0.717, 1.165) is 49.0 Å². The van der Waals surface area contributed by atoms with Crippen LogP contribution in [0, 0.1) is 25.2 Å². The number of aromatic nitrogens is 3. The summed E-state index contributed by atoms with van der Waals surface area (Å²) in [6.07, 6.45) is 3.81. The number of aryl methyl sites for hydroxylation is 2.